The van der Waals surface area contributed by atoms with Crippen molar-refractivity contribution >= 4 is 0 Å². The summed E-state index contributed by atoms with van der Waals surface area (Å²) in [5, 5.41) is 10.0. The smallest absolute Gasteiger partial charge is 0.109 e. The van der Waals surface area contributed by atoms with Crippen LogP contribution in [0.2, 0.25) is 0 Å². The lowest BCUT2D eigenvalue weighted by atomic mass is 10.1. The zero-order valence-electron chi connectivity index (χ0n) is 7.50. The van der Waals surface area contributed by atoms with Gasteiger partial charge in [-0.25, -0.2) is 0 Å². The van der Waals surface area contributed by atoms with Gasteiger partial charge in [0.2, 0.25) is 0 Å². The second kappa shape index (κ2) is 2.36. The summed E-state index contributed by atoms with van der Waals surface area (Å²) in [5.74, 6) is 1.32. The molecule has 1 aliphatic carbocycles. The maximum Gasteiger partial charge on any atom is 0.109 e. The molecular formula is C10H14O2. The molecule has 66 valence electrons. The van der Waals surface area contributed by atoms with Crippen molar-refractivity contribution in [3.8, 4) is 0 Å². The monoisotopic (exact) mass is 166 g/mol. The van der Waals surface area contributed by atoms with Crippen molar-refractivity contribution in [1.82, 2.24) is 0 Å². The summed E-state index contributed by atoms with van der Waals surface area (Å²) in [6.07, 6.45) is 3.40. The summed E-state index contributed by atoms with van der Waals surface area (Å²) in [6, 6.07) is 1.89. The Hall–Kier alpha value is -0.760. The van der Waals surface area contributed by atoms with Gasteiger partial charge in [-0.2, -0.15) is 0 Å². The van der Waals surface area contributed by atoms with E-state index in [1.165, 1.54) is 0 Å². The predicted molar refractivity (Wildman–Crippen MR) is 45.8 cm³/mol. The van der Waals surface area contributed by atoms with Crippen molar-refractivity contribution in [3.05, 3.63) is 23.7 Å². The first kappa shape index (κ1) is 7.87. The Bertz CT molecular complexity index is 290. The Kier molecular flexibility index (Phi) is 1.55. The fourth-order valence-electron chi connectivity index (χ4n) is 1.78. The standard InChI is InChI=1S/C10H14O2/c1-3-9-8(4-5-12-9)10(11)6-7(10)2/h4-5,7,11H,3,6H2,1-2H3. The van der Waals surface area contributed by atoms with Gasteiger partial charge in [-0.15, -0.1) is 0 Å². The van der Waals surface area contributed by atoms with E-state index in [-0.39, 0.29) is 0 Å². The number of aliphatic hydroxyl groups is 1. The molecule has 2 unspecified atom stereocenters. The van der Waals surface area contributed by atoms with Crippen LogP contribution in [0.5, 0.6) is 0 Å². The third kappa shape index (κ3) is 0.911. The molecule has 0 saturated heterocycles. The lowest BCUT2D eigenvalue weighted by molar-refractivity contribution is 0.132. The van der Waals surface area contributed by atoms with E-state index < -0.39 is 5.60 Å². The second-order valence-corrected chi connectivity index (χ2v) is 3.64. The lowest BCUT2D eigenvalue weighted by Crippen LogP contribution is -2.08. The van der Waals surface area contributed by atoms with Crippen molar-refractivity contribution in [2.24, 2.45) is 5.92 Å². The average Bonchev–Trinajstić information content (AvgIpc) is 2.56. The third-order valence-corrected chi connectivity index (χ3v) is 2.81. The minimum absolute atomic E-state index is 0.389. The molecule has 2 atom stereocenters. The van der Waals surface area contributed by atoms with Crippen LogP contribution >= 0.6 is 0 Å². The molecule has 0 bridgehead atoms. The van der Waals surface area contributed by atoms with Crippen LogP contribution in [0, 0.1) is 5.92 Å². The van der Waals surface area contributed by atoms with E-state index in [0.29, 0.717) is 5.92 Å². The Labute approximate surface area is 72.2 Å². The van der Waals surface area contributed by atoms with Gasteiger partial charge >= 0.3 is 0 Å². The van der Waals surface area contributed by atoms with Gasteiger partial charge in [0.15, 0.2) is 0 Å². The molecule has 2 rings (SSSR count). The van der Waals surface area contributed by atoms with Crippen molar-refractivity contribution in [2.75, 3.05) is 0 Å². The van der Waals surface area contributed by atoms with Crippen molar-refractivity contribution in [3.63, 3.8) is 0 Å². The molecule has 12 heavy (non-hydrogen) atoms. The van der Waals surface area contributed by atoms with Crippen LogP contribution < -0.4 is 0 Å². The summed E-state index contributed by atoms with van der Waals surface area (Å²) in [6.45, 7) is 4.10. The summed E-state index contributed by atoms with van der Waals surface area (Å²) in [4.78, 5) is 0. The van der Waals surface area contributed by atoms with E-state index in [4.69, 9.17) is 4.42 Å². The Morgan fingerprint density at radius 3 is 2.92 bits per heavy atom. The third-order valence-electron chi connectivity index (χ3n) is 2.81. The SMILES string of the molecule is CCc1occc1C1(O)CC1C. The van der Waals surface area contributed by atoms with Crippen LogP contribution in [-0.2, 0) is 12.0 Å². The normalized spacial score (nSPS) is 33.8. The van der Waals surface area contributed by atoms with Gasteiger partial charge in [0.1, 0.15) is 5.76 Å². The number of aryl methyl sites for hydroxylation is 1. The first-order valence-electron chi connectivity index (χ1n) is 4.47. The first-order chi connectivity index (χ1) is 5.68. The van der Waals surface area contributed by atoms with Crippen molar-refractivity contribution in [1.29, 1.82) is 0 Å². The van der Waals surface area contributed by atoms with E-state index in [9.17, 15) is 5.11 Å². The highest BCUT2D eigenvalue weighted by atomic mass is 16.3. The number of furan rings is 1. The van der Waals surface area contributed by atoms with Crippen LogP contribution in [0.25, 0.3) is 0 Å². The second-order valence-electron chi connectivity index (χ2n) is 3.64. The molecule has 2 heteroatoms. The van der Waals surface area contributed by atoms with Crippen molar-refractivity contribution < 1.29 is 9.52 Å². The fraction of sp³-hybridized carbons (Fsp3) is 0.600. The highest BCUT2D eigenvalue weighted by Gasteiger charge is 2.52. The van der Waals surface area contributed by atoms with Crippen molar-refractivity contribution in [2.45, 2.75) is 32.3 Å². The van der Waals surface area contributed by atoms with E-state index in [0.717, 1.165) is 24.2 Å². The van der Waals surface area contributed by atoms with Gasteiger partial charge in [0, 0.05) is 12.0 Å². The molecule has 0 spiro atoms. The summed E-state index contributed by atoms with van der Waals surface area (Å²) < 4.78 is 5.27. The summed E-state index contributed by atoms with van der Waals surface area (Å²) in [5.41, 5.74) is 0.427. The molecule has 0 amide bonds. The average molecular weight is 166 g/mol. The molecule has 1 fully saturated rings. The highest BCUT2D eigenvalue weighted by molar-refractivity contribution is 5.31. The fourth-order valence-corrected chi connectivity index (χ4v) is 1.78. The molecular weight excluding hydrogens is 152 g/mol. The number of hydrogen-bond donors (Lipinski definition) is 1. The molecule has 1 heterocycles. The van der Waals surface area contributed by atoms with E-state index in [1.54, 1.807) is 6.26 Å². The van der Waals surface area contributed by atoms with Crippen LogP contribution in [0.15, 0.2) is 16.7 Å². The molecule has 0 aromatic carbocycles. The maximum atomic E-state index is 10.0. The minimum atomic E-state index is -0.571. The maximum absolute atomic E-state index is 10.0. The van der Waals surface area contributed by atoms with Crippen LogP contribution in [-0.4, -0.2) is 5.11 Å². The summed E-state index contributed by atoms with van der Waals surface area (Å²) >= 11 is 0. The zero-order valence-corrected chi connectivity index (χ0v) is 7.50. The van der Waals surface area contributed by atoms with E-state index in [1.807, 2.05) is 13.0 Å². The van der Waals surface area contributed by atoms with Crippen LogP contribution in [0.3, 0.4) is 0 Å². The first-order valence-corrected chi connectivity index (χ1v) is 4.47. The van der Waals surface area contributed by atoms with Gasteiger partial charge in [0.05, 0.1) is 11.9 Å². The molecule has 0 radical (unpaired) electrons. The van der Waals surface area contributed by atoms with Gasteiger partial charge in [-0.1, -0.05) is 13.8 Å². The van der Waals surface area contributed by atoms with Gasteiger partial charge < -0.3 is 9.52 Å². The largest absolute Gasteiger partial charge is 0.469 e. The predicted octanol–water partition coefficient (Wildman–Crippen LogP) is 2.07. The van der Waals surface area contributed by atoms with Gasteiger partial charge in [-0.05, 0) is 18.4 Å². The molecule has 2 nitrogen and oxygen atoms in total. The quantitative estimate of drug-likeness (QED) is 0.729. The lowest BCUT2D eigenvalue weighted by Gasteiger charge is -2.07. The summed E-state index contributed by atoms with van der Waals surface area (Å²) in [7, 11) is 0. The van der Waals surface area contributed by atoms with Crippen LogP contribution in [0.1, 0.15) is 31.6 Å². The molecule has 1 aromatic heterocycles. The Morgan fingerprint density at radius 2 is 2.42 bits per heavy atom. The van der Waals surface area contributed by atoms with Gasteiger partial charge in [0.25, 0.3) is 0 Å². The molecule has 1 N–H and O–H groups in total. The van der Waals surface area contributed by atoms with Crippen LogP contribution in [0.4, 0.5) is 0 Å². The Balaban J connectivity index is 2.34. The molecule has 1 aliphatic rings. The number of hydrogen-bond acceptors (Lipinski definition) is 2. The number of rotatable bonds is 2. The van der Waals surface area contributed by atoms with E-state index >= 15 is 0 Å². The molecule has 1 aromatic rings. The van der Waals surface area contributed by atoms with Gasteiger partial charge in [-0.3, -0.25) is 0 Å². The molecule has 1 saturated carbocycles. The van der Waals surface area contributed by atoms with E-state index in [2.05, 4.69) is 6.92 Å². The Morgan fingerprint density at radius 1 is 1.75 bits per heavy atom. The highest BCUT2D eigenvalue weighted by Crippen LogP contribution is 2.52. The molecule has 0 aliphatic heterocycles. The topological polar surface area (TPSA) is 33.4 Å². The minimum Gasteiger partial charge on any atom is -0.469 e. The zero-order chi connectivity index (χ0) is 8.77.